The monoisotopic (exact) mass is 447 g/mol. The highest BCUT2D eigenvalue weighted by Crippen LogP contribution is 2.34. The van der Waals surface area contributed by atoms with Gasteiger partial charge in [-0.1, -0.05) is 102 Å². The Kier molecular flexibility index (Phi) is 13.5. The molecule has 0 saturated carbocycles. The van der Waals surface area contributed by atoms with Crippen LogP contribution in [-0.2, 0) is 19.3 Å². The summed E-state index contributed by atoms with van der Waals surface area (Å²) >= 11 is 0. The first-order valence-electron chi connectivity index (χ1n) is 12.0. The first-order chi connectivity index (χ1) is 15.0. The van der Waals surface area contributed by atoms with Crippen molar-refractivity contribution in [2.24, 2.45) is 0 Å². The topological polar surface area (TPSA) is 3.24 Å². The van der Waals surface area contributed by atoms with Crippen molar-refractivity contribution in [1.29, 1.82) is 0 Å². The Balaban J connectivity index is 0.00000162. The van der Waals surface area contributed by atoms with Crippen LogP contribution in [0.4, 0.5) is 5.69 Å². The normalized spacial score (nSPS) is 15.0. The van der Waals surface area contributed by atoms with Crippen molar-refractivity contribution in [2.45, 2.75) is 89.0 Å². The van der Waals surface area contributed by atoms with Gasteiger partial charge in [-0.2, -0.15) is 0 Å². The van der Waals surface area contributed by atoms with E-state index in [1.165, 1.54) is 44.8 Å². The number of rotatable bonds is 3. The Labute approximate surface area is 205 Å². The summed E-state index contributed by atoms with van der Waals surface area (Å²) in [7, 11) is 2.19. The van der Waals surface area contributed by atoms with E-state index in [9.17, 15) is 0 Å². The standard InChI is InChI=1S/C26H29N.2C2H6.2CH4/c1-18(13-14-25-17-23-11-7-8-12-26(23)27(25)4)19(2)20(3)24-15-21-9-5-6-10-22(21)16-24;2*1-2;;/h5-12,14H,13,15-17H2,1-4H3;2*1-2H3;2*1H4/b19-18-,25-14+;;;;. The van der Waals surface area contributed by atoms with Crippen LogP contribution in [-0.4, -0.2) is 7.05 Å². The van der Waals surface area contributed by atoms with E-state index in [0.29, 0.717) is 0 Å². The number of allylic oxidation sites excluding steroid dienone is 6. The molecule has 1 heterocycles. The van der Waals surface area contributed by atoms with E-state index in [1.807, 2.05) is 27.7 Å². The lowest BCUT2D eigenvalue weighted by atomic mass is 9.95. The molecule has 0 saturated heterocycles. The highest BCUT2D eigenvalue weighted by atomic mass is 15.1. The number of anilines is 1. The summed E-state index contributed by atoms with van der Waals surface area (Å²) in [5.41, 5.74) is 13.2. The number of benzene rings is 2. The minimum absolute atomic E-state index is 0. The summed E-state index contributed by atoms with van der Waals surface area (Å²) < 4.78 is 0. The van der Waals surface area contributed by atoms with Gasteiger partial charge >= 0.3 is 0 Å². The van der Waals surface area contributed by atoms with Crippen LogP contribution < -0.4 is 4.90 Å². The minimum Gasteiger partial charge on any atom is -0.348 e. The van der Waals surface area contributed by atoms with E-state index in [0.717, 1.165) is 25.7 Å². The van der Waals surface area contributed by atoms with E-state index < -0.39 is 0 Å². The highest BCUT2D eigenvalue weighted by molar-refractivity contribution is 5.64. The van der Waals surface area contributed by atoms with E-state index in [2.05, 4.69) is 87.3 Å². The molecule has 0 N–H and O–H groups in total. The molecule has 0 spiro atoms. The van der Waals surface area contributed by atoms with Gasteiger partial charge in [-0.05, 0) is 73.9 Å². The van der Waals surface area contributed by atoms with E-state index >= 15 is 0 Å². The second-order valence-electron chi connectivity index (χ2n) is 8.02. The van der Waals surface area contributed by atoms with Crippen LogP contribution in [0, 0.1) is 0 Å². The zero-order chi connectivity index (χ0) is 23.0. The number of para-hydroxylation sites is 1. The Morgan fingerprint density at radius 2 is 1.24 bits per heavy atom. The molecule has 0 amide bonds. The third-order valence-corrected chi connectivity index (χ3v) is 6.46. The average Bonchev–Trinajstić information content (AvgIpc) is 3.40. The van der Waals surface area contributed by atoms with Crippen LogP contribution in [0.15, 0.2) is 82.6 Å². The van der Waals surface area contributed by atoms with E-state index in [4.69, 9.17) is 0 Å². The van der Waals surface area contributed by atoms with Crippen molar-refractivity contribution in [2.75, 3.05) is 11.9 Å². The minimum atomic E-state index is 0. The van der Waals surface area contributed by atoms with Gasteiger partial charge in [-0.3, -0.25) is 0 Å². The van der Waals surface area contributed by atoms with Crippen LogP contribution in [0.5, 0.6) is 0 Å². The molecular formula is C32H49N. The van der Waals surface area contributed by atoms with Gasteiger partial charge in [0.25, 0.3) is 0 Å². The molecule has 2 aromatic rings. The Morgan fingerprint density at radius 3 is 1.76 bits per heavy atom. The van der Waals surface area contributed by atoms with Crippen molar-refractivity contribution in [1.82, 2.24) is 0 Å². The molecule has 182 valence electrons. The maximum Gasteiger partial charge on any atom is 0.0442 e. The first-order valence-corrected chi connectivity index (χ1v) is 12.0. The third-order valence-electron chi connectivity index (χ3n) is 6.46. The van der Waals surface area contributed by atoms with Gasteiger partial charge in [0, 0.05) is 24.9 Å². The molecule has 0 fully saturated rings. The Hall–Kier alpha value is -2.54. The lowest BCUT2D eigenvalue weighted by molar-refractivity contribution is 1.03. The summed E-state index contributed by atoms with van der Waals surface area (Å²) in [4.78, 5) is 2.34. The van der Waals surface area contributed by atoms with Gasteiger partial charge in [-0.15, -0.1) is 0 Å². The number of likely N-dealkylation sites (N-methyl/N-ethyl adjacent to an activating group) is 1. The maximum atomic E-state index is 2.42. The predicted octanol–water partition coefficient (Wildman–Crippen LogP) is 9.73. The van der Waals surface area contributed by atoms with E-state index in [1.54, 1.807) is 5.57 Å². The summed E-state index contributed by atoms with van der Waals surface area (Å²) in [6, 6.07) is 17.6. The lowest BCUT2D eigenvalue weighted by Crippen LogP contribution is -2.11. The molecule has 1 aliphatic carbocycles. The molecule has 0 bridgehead atoms. The maximum absolute atomic E-state index is 2.42. The lowest BCUT2D eigenvalue weighted by Gasteiger charge is -2.15. The molecule has 1 aliphatic heterocycles. The number of fused-ring (bicyclic) bond motifs is 2. The van der Waals surface area contributed by atoms with Gasteiger partial charge in [0.1, 0.15) is 0 Å². The molecule has 1 nitrogen and oxygen atoms in total. The van der Waals surface area contributed by atoms with Crippen molar-refractivity contribution < 1.29 is 0 Å². The molecule has 4 rings (SSSR count). The van der Waals surface area contributed by atoms with Gasteiger partial charge < -0.3 is 4.90 Å². The zero-order valence-electron chi connectivity index (χ0n) is 21.0. The Bertz CT molecular complexity index is 945. The summed E-state index contributed by atoms with van der Waals surface area (Å²) in [6.45, 7) is 14.9. The number of nitrogens with zero attached hydrogens (tertiary/aromatic N) is 1. The SMILES string of the molecule is C.C.CC.CC.CC(=C1Cc2ccccc2C1)/C(C)=C(/C)C/C=C1\Cc2ccccc2N1C. The molecule has 0 radical (unpaired) electrons. The fourth-order valence-corrected chi connectivity index (χ4v) is 4.36. The molecule has 0 unspecified atom stereocenters. The fraction of sp³-hybridized carbons (Fsp3) is 0.438. The molecule has 1 heteroatoms. The largest absolute Gasteiger partial charge is 0.348 e. The van der Waals surface area contributed by atoms with Crippen molar-refractivity contribution in [3.63, 3.8) is 0 Å². The van der Waals surface area contributed by atoms with Crippen LogP contribution in [0.1, 0.15) is 86.4 Å². The second kappa shape index (κ2) is 14.6. The predicted molar refractivity (Wildman–Crippen MR) is 152 cm³/mol. The van der Waals surface area contributed by atoms with Crippen molar-refractivity contribution >= 4 is 5.69 Å². The second-order valence-corrected chi connectivity index (χ2v) is 8.02. The quantitative estimate of drug-likeness (QED) is 0.452. The van der Waals surface area contributed by atoms with Crippen LogP contribution in [0.25, 0.3) is 0 Å². The van der Waals surface area contributed by atoms with Crippen LogP contribution in [0.3, 0.4) is 0 Å². The van der Waals surface area contributed by atoms with Gasteiger partial charge in [0.15, 0.2) is 0 Å². The fourth-order valence-electron chi connectivity index (χ4n) is 4.36. The molecular weight excluding hydrogens is 398 g/mol. The van der Waals surface area contributed by atoms with Gasteiger partial charge in [0.2, 0.25) is 0 Å². The summed E-state index contributed by atoms with van der Waals surface area (Å²) in [5, 5.41) is 0. The number of hydrogen-bond donors (Lipinski definition) is 0. The molecule has 2 aliphatic rings. The van der Waals surface area contributed by atoms with Crippen molar-refractivity contribution in [3.05, 3.63) is 99.3 Å². The Morgan fingerprint density at radius 1 is 0.758 bits per heavy atom. The third kappa shape index (κ3) is 6.97. The van der Waals surface area contributed by atoms with E-state index in [-0.39, 0.29) is 14.9 Å². The van der Waals surface area contributed by atoms with Gasteiger partial charge in [0.05, 0.1) is 0 Å². The number of hydrogen-bond acceptors (Lipinski definition) is 1. The highest BCUT2D eigenvalue weighted by Gasteiger charge is 2.20. The first kappa shape index (κ1) is 30.5. The molecule has 0 atom stereocenters. The molecule has 33 heavy (non-hydrogen) atoms. The molecule has 2 aromatic carbocycles. The average molecular weight is 448 g/mol. The van der Waals surface area contributed by atoms with Gasteiger partial charge in [-0.25, -0.2) is 0 Å². The summed E-state index contributed by atoms with van der Waals surface area (Å²) in [5.74, 6) is 0. The van der Waals surface area contributed by atoms with Crippen LogP contribution in [0.2, 0.25) is 0 Å². The smallest absolute Gasteiger partial charge is 0.0442 e. The molecule has 0 aromatic heterocycles. The van der Waals surface area contributed by atoms with Crippen molar-refractivity contribution in [3.8, 4) is 0 Å². The summed E-state index contributed by atoms with van der Waals surface area (Å²) in [6.07, 6.45) is 6.73. The van der Waals surface area contributed by atoms with Crippen LogP contribution >= 0.6 is 0 Å². The zero-order valence-corrected chi connectivity index (χ0v) is 21.0.